The Morgan fingerprint density at radius 2 is 2.43 bits per heavy atom. The van der Waals surface area contributed by atoms with E-state index in [0.29, 0.717) is 6.54 Å². The lowest BCUT2D eigenvalue weighted by atomic mass is 10.2. The average molecular weight is 232 g/mol. The first-order valence-electron chi connectivity index (χ1n) is 4.55. The van der Waals surface area contributed by atoms with Crippen LogP contribution in [0.15, 0.2) is 15.9 Å². The van der Waals surface area contributed by atoms with Crippen LogP contribution in [0.2, 0.25) is 0 Å². The summed E-state index contributed by atoms with van der Waals surface area (Å²) in [4.78, 5) is 3.87. The average Bonchev–Trinajstić information content (AvgIpc) is 2.72. The minimum Gasteiger partial charge on any atom is -0.315 e. The van der Waals surface area contributed by atoms with E-state index in [4.69, 9.17) is 0 Å². The molecule has 0 unspecified atom stereocenters. The first kappa shape index (κ1) is 10.1. The van der Waals surface area contributed by atoms with Crippen molar-refractivity contribution in [2.45, 2.75) is 22.4 Å². The van der Waals surface area contributed by atoms with E-state index in [9.17, 15) is 8.42 Å². The van der Waals surface area contributed by atoms with E-state index in [1.54, 1.807) is 5.38 Å². The molecule has 0 aliphatic carbocycles. The van der Waals surface area contributed by atoms with Crippen molar-refractivity contribution in [2.24, 2.45) is 0 Å². The van der Waals surface area contributed by atoms with Crippen molar-refractivity contribution in [1.82, 2.24) is 10.3 Å². The Balaban J connectivity index is 2.23. The van der Waals surface area contributed by atoms with Crippen molar-refractivity contribution < 1.29 is 8.42 Å². The number of thiazole rings is 1. The second kappa shape index (κ2) is 3.96. The van der Waals surface area contributed by atoms with Gasteiger partial charge < -0.3 is 5.32 Å². The van der Waals surface area contributed by atoms with Gasteiger partial charge in [-0.1, -0.05) is 0 Å². The van der Waals surface area contributed by atoms with Gasteiger partial charge in [0.1, 0.15) is 0 Å². The summed E-state index contributed by atoms with van der Waals surface area (Å²) in [7, 11) is -3.17. The van der Waals surface area contributed by atoms with Crippen molar-refractivity contribution >= 4 is 21.2 Å². The molecule has 1 N–H and O–H groups in total. The molecule has 1 aliphatic heterocycles. The molecule has 1 aromatic heterocycles. The molecule has 1 saturated heterocycles. The second-order valence-electron chi connectivity index (χ2n) is 3.31. The van der Waals surface area contributed by atoms with E-state index >= 15 is 0 Å². The summed E-state index contributed by atoms with van der Waals surface area (Å²) in [5, 5.41) is 4.51. The minimum atomic E-state index is -3.17. The van der Waals surface area contributed by atoms with Crippen LogP contribution < -0.4 is 5.32 Å². The molecule has 6 heteroatoms. The van der Waals surface area contributed by atoms with Gasteiger partial charge in [-0.3, -0.25) is 0 Å². The summed E-state index contributed by atoms with van der Waals surface area (Å²) < 4.78 is 24.2. The Labute approximate surface area is 87.3 Å². The van der Waals surface area contributed by atoms with Crippen LogP contribution in [0.1, 0.15) is 12.8 Å². The molecule has 4 nitrogen and oxygen atoms in total. The maximum atomic E-state index is 12.0. The number of aromatic nitrogens is 1. The summed E-state index contributed by atoms with van der Waals surface area (Å²) in [6.45, 7) is 1.48. The Morgan fingerprint density at radius 3 is 3.00 bits per heavy atom. The Bertz CT molecular complexity index is 379. The third-order valence-corrected chi connectivity index (χ3v) is 5.77. The predicted octanol–water partition coefficient (Wildman–Crippen LogP) is 0.669. The first-order valence-corrected chi connectivity index (χ1v) is 6.98. The minimum absolute atomic E-state index is 0.256. The molecule has 2 rings (SSSR count). The molecule has 78 valence electrons. The van der Waals surface area contributed by atoms with Crippen molar-refractivity contribution in [3.8, 4) is 0 Å². The molecule has 0 saturated carbocycles. The van der Waals surface area contributed by atoms with Crippen molar-refractivity contribution in [2.75, 3.05) is 13.1 Å². The lowest BCUT2D eigenvalue weighted by molar-refractivity contribution is 0.496. The number of piperidine rings is 1. The molecule has 0 aromatic carbocycles. The Hall–Kier alpha value is -0.460. The highest BCUT2D eigenvalue weighted by Crippen LogP contribution is 2.22. The van der Waals surface area contributed by atoms with Gasteiger partial charge >= 0.3 is 0 Å². The SMILES string of the molecule is O=S(=O)(c1nccs1)[C@@H]1CCCNC1. The van der Waals surface area contributed by atoms with Gasteiger partial charge in [-0.15, -0.1) is 11.3 Å². The third-order valence-electron chi connectivity index (χ3n) is 2.34. The van der Waals surface area contributed by atoms with Crippen LogP contribution in [0.5, 0.6) is 0 Å². The Morgan fingerprint density at radius 1 is 1.57 bits per heavy atom. The van der Waals surface area contributed by atoms with E-state index < -0.39 is 9.84 Å². The fraction of sp³-hybridized carbons (Fsp3) is 0.625. The molecule has 0 radical (unpaired) electrons. The number of sulfone groups is 1. The molecule has 1 aromatic rings. The molecule has 1 fully saturated rings. The summed E-state index contributed by atoms with van der Waals surface area (Å²) in [5.74, 6) is 0. The van der Waals surface area contributed by atoms with Crippen LogP contribution in [0.4, 0.5) is 0 Å². The topological polar surface area (TPSA) is 59.1 Å². The largest absolute Gasteiger partial charge is 0.315 e. The fourth-order valence-corrected chi connectivity index (χ4v) is 4.36. The van der Waals surface area contributed by atoms with Crippen LogP contribution in [0.3, 0.4) is 0 Å². The van der Waals surface area contributed by atoms with Gasteiger partial charge in [0, 0.05) is 18.1 Å². The fourth-order valence-electron chi connectivity index (χ4n) is 1.58. The van der Waals surface area contributed by atoms with Crippen LogP contribution in [-0.2, 0) is 9.84 Å². The first-order chi connectivity index (χ1) is 6.71. The van der Waals surface area contributed by atoms with Gasteiger partial charge in [0.25, 0.3) is 0 Å². The van der Waals surface area contributed by atoms with Crippen LogP contribution in [0.25, 0.3) is 0 Å². The lowest BCUT2D eigenvalue weighted by Crippen LogP contribution is -2.38. The zero-order chi connectivity index (χ0) is 10.0. The van der Waals surface area contributed by atoms with Crippen LogP contribution >= 0.6 is 11.3 Å². The number of nitrogens with one attached hydrogen (secondary N) is 1. The third kappa shape index (κ3) is 1.82. The van der Waals surface area contributed by atoms with Crippen molar-refractivity contribution in [3.05, 3.63) is 11.6 Å². The smallest absolute Gasteiger partial charge is 0.209 e. The number of nitrogens with zero attached hydrogens (tertiary/aromatic N) is 1. The maximum Gasteiger partial charge on any atom is 0.209 e. The van der Waals surface area contributed by atoms with Gasteiger partial charge in [-0.05, 0) is 19.4 Å². The lowest BCUT2D eigenvalue weighted by Gasteiger charge is -2.21. The molecule has 0 amide bonds. The molecular formula is C8H12N2O2S2. The van der Waals surface area contributed by atoms with Crippen molar-refractivity contribution in [3.63, 3.8) is 0 Å². The molecular weight excluding hydrogens is 220 g/mol. The summed E-state index contributed by atoms with van der Waals surface area (Å²) in [5.41, 5.74) is 0. The highest BCUT2D eigenvalue weighted by Gasteiger charge is 2.30. The van der Waals surface area contributed by atoms with Gasteiger partial charge in [0.05, 0.1) is 5.25 Å². The van der Waals surface area contributed by atoms with Gasteiger partial charge in [-0.25, -0.2) is 13.4 Å². The summed E-state index contributed by atoms with van der Waals surface area (Å²) in [6, 6.07) is 0. The summed E-state index contributed by atoms with van der Waals surface area (Å²) >= 11 is 1.20. The van der Waals surface area contributed by atoms with Gasteiger partial charge in [-0.2, -0.15) is 0 Å². The molecule has 14 heavy (non-hydrogen) atoms. The molecule has 2 heterocycles. The molecule has 1 atom stereocenters. The van der Waals surface area contributed by atoms with Gasteiger partial charge in [0.2, 0.25) is 14.2 Å². The number of hydrogen-bond donors (Lipinski definition) is 1. The van der Waals surface area contributed by atoms with Crippen LogP contribution in [0, 0.1) is 0 Å². The maximum absolute atomic E-state index is 12.0. The normalized spacial score (nSPS) is 23.6. The molecule has 0 bridgehead atoms. The highest BCUT2D eigenvalue weighted by atomic mass is 32.2. The molecule has 1 aliphatic rings. The van der Waals surface area contributed by atoms with Crippen molar-refractivity contribution in [1.29, 1.82) is 0 Å². The van der Waals surface area contributed by atoms with E-state index in [-0.39, 0.29) is 9.59 Å². The number of hydrogen-bond acceptors (Lipinski definition) is 5. The Kier molecular flexibility index (Phi) is 2.85. The van der Waals surface area contributed by atoms with E-state index in [1.807, 2.05) is 0 Å². The monoisotopic (exact) mass is 232 g/mol. The predicted molar refractivity (Wildman–Crippen MR) is 55.2 cm³/mol. The second-order valence-corrected chi connectivity index (χ2v) is 6.61. The van der Waals surface area contributed by atoms with E-state index in [1.165, 1.54) is 17.5 Å². The zero-order valence-corrected chi connectivity index (χ0v) is 9.27. The standard InChI is InChI=1S/C8H12N2O2S2/c11-14(12,8-10-4-5-13-8)7-2-1-3-9-6-7/h4-5,7,9H,1-3,6H2/t7-/m1/s1. The molecule has 0 spiro atoms. The number of rotatable bonds is 2. The van der Waals surface area contributed by atoms with E-state index in [0.717, 1.165) is 19.4 Å². The summed E-state index contributed by atoms with van der Waals surface area (Å²) in [6.07, 6.45) is 3.21. The van der Waals surface area contributed by atoms with Gasteiger partial charge in [0.15, 0.2) is 0 Å². The quantitative estimate of drug-likeness (QED) is 0.814. The highest BCUT2D eigenvalue weighted by molar-refractivity contribution is 7.93. The van der Waals surface area contributed by atoms with E-state index in [2.05, 4.69) is 10.3 Å². The zero-order valence-electron chi connectivity index (χ0n) is 7.64. The van der Waals surface area contributed by atoms with Crippen LogP contribution in [-0.4, -0.2) is 31.7 Å².